The standard InChI is InChI=1S/C48H43Cl2N5O6/c1-30-36(28-60-47-15-45(58-26-34-11-32(17-51)19-53-21-34)38(13-43(47)49)23-55-10-9-40(57)24-55)5-3-7-41(30)42-8-4-6-37(31(42)2)29-61-48-16-46(39(25-56)14-44(48)50)59-27-35-12-33(18-52)20-54-22-35/h3-8,11-16,19-22,40,56-57H,9-10,23-29H2,1-2H3/t40-/m1/s1. The number of aliphatic hydroxyl groups excluding tert-OH is 2. The first-order valence-corrected chi connectivity index (χ1v) is 20.4. The largest absolute Gasteiger partial charge is 0.488 e. The second-order valence-electron chi connectivity index (χ2n) is 14.8. The van der Waals surface area contributed by atoms with Gasteiger partial charge in [-0.05, 0) is 77.9 Å². The zero-order chi connectivity index (χ0) is 42.9. The summed E-state index contributed by atoms with van der Waals surface area (Å²) >= 11 is 13.5. The van der Waals surface area contributed by atoms with Crippen LogP contribution in [0.5, 0.6) is 23.0 Å². The van der Waals surface area contributed by atoms with Crippen LogP contribution in [-0.2, 0) is 39.6 Å². The number of hydrogen-bond donors (Lipinski definition) is 2. The SMILES string of the molecule is Cc1c(COc2cc(OCc3cncc(C#N)c3)c(CO)cc2Cl)cccc1-c1cccc(COc2cc(OCc3cncc(C#N)c3)c(CN3CC[C@@H](O)C3)cc2Cl)c1C. The lowest BCUT2D eigenvalue weighted by molar-refractivity contribution is 0.174. The van der Waals surface area contributed by atoms with Crippen molar-refractivity contribution in [3.8, 4) is 46.3 Å². The summed E-state index contributed by atoms with van der Waals surface area (Å²) in [6.07, 6.45) is 6.63. The summed E-state index contributed by atoms with van der Waals surface area (Å²) in [4.78, 5) is 10.4. The van der Waals surface area contributed by atoms with Gasteiger partial charge < -0.3 is 29.2 Å². The molecule has 1 aliphatic rings. The van der Waals surface area contributed by atoms with Gasteiger partial charge in [-0.15, -0.1) is 0 Å². The first-order valence-electron chi connectivity index (χ1n) is 19.6. The van der Waals surface area contributed by atoms with E-state index in [1.165, 1.54) is 12.4 Å². The van der Waals surface area contributed by atoms with Crippen molar-refractivity contribution in [3.05, 3.63) is 163 Å². The highest BCUT2D eigenvalue weighted by Gasteiger charge is 2.23. The van der Waals surface area contributed by atoms with Crippen molar-refractivity contribution in [1.29, 1.82) is 10.5 Å². The van der Waals surface area contributed by atoms with Crippen LogP contribution in [0.15, 0.2) is 97.6 Å². The Labute approximate surface area is 364 Å². The maximum absolute atomic E-state index is 10.1. The Balaban J connectivity index is 1.07. The number of likely N-dealkylation sites (tertiary alicyclic amines) is 1. The zero-order valence-electron chi connectivity index (χ0n) is 33.7. The molecule has 1 atom stereocenters. The van der Waals surface area contributed by atoms with E-state index < -0.39 is 0 Å². The third-order valence-electron chi connectivity index (χ3n) is 10.6. The highest BCUT2D eigenvalue weighted by Crippen LogP contribution is 2.38. The molecule has 1 saturated heterocycles. The molecule has 0 bridgehead atoms. The fraction of sp³-hybridized carbons (Fsp3) is 0.250. The zero-order valence-corrected chi connectivity index (χ0v) is 35.2. The Bertz CT molecular complexity index is 2630. The van der Waals surface area contributed by atoms with Gasteiger partial charge in [0.1, 0.15) is 61.6 Å². The molecule has 1 aliphatic heterocycles. The third kappa shape index (κ3) is 10.6. The molecule has 0 spiro atoms. The number of nitrogens with zero attached hydrogens (tertiary/aromatic N) is 5. The van der Waals surface area contributed by atoms with E-state index in [0.29, 0.717) is 74.8 Å². The van der Waals surface area contributed by atoms with Gasteiger partial charge >= 0.3 is 0 Å². The van der Waals surface area contributed by atoms with Crippen molar-refractivity contribution >= 4 is 23.2 Å². The molecule has 3 heterocycles. The molecule has 0 saturated carbocycles. The van der Waals surface area contributed by atoms with Crippen LogP contribution in [0, 0.1) is 36.5 Å². The van der Waals surface area contributed by atoms with Gasteiger partial charge in [0.15, 0.2) is 0 Å². The van der Waals surface area contributed by atoms with Crippen LogP contribution in [0.4, 0.5) is 0 Å². The number of benzene rings is 4. The molecule has 6 aromatic rings. The molecular weight excluding hydrogens is 813 g/mol. The predicted molar refractivity (Wildman–Crippen MR) is 231 cm³/mol. The number of pyridine rings is 2. The molecule has 13 heteroatoms. The van der Waals surface area contributed by atoms with Crippen molar-refractivity contribution in [3.63, 3.8) is 0 Å². The van der Waals surface area contributed by atoms with Crippen molar-refractivity contribution in [2.75, 3.05) is 13.1 Å². The molecule has 4 aromatic carbocycles. The van der Waals surface area contributed by atoms with Crippen LogP contribution < -0.4 is 18.9 Å². The lowest BCUT2D eigenvalue weighted by atomic mass is 9.92. The van der Waals surface area contributed by atoms with Crippen molar-refractivity contribution in [2.45, 2.75) is 66.0 Å². The van der Waals surface area contributed by atoms with E-state index in [-0.39, 0.29) is 39.1 Å². The summed E-state index contributed by atoms with van der Waals surface area (Å²) in [5.41, 5.74) is 9.81. The van der Waals surface area contributed by atoms with Crippen molar-refractivity contribution < 1.29 is 29.2 Å². The van der Waals surface area contributed by atoms with Crippen LogP contribution in [0.1, 0.15) is 62.1 Å². The predicted octanol–water partition coefficient (Wildman–Crippen LogP) is 9.19. The number of β-amino-alcohol motifs (C(OH)–C–C–N with tert-alkyl or cyclic N) is 1. The molecule has 0 unspecified atom stereocenters. The highest BCUT2D eigenvalue weighted by molar-refractivity contribution is 6.32. The van der Waals surface area contributed by atoms with E-state index in [4.69, 9.17) is 42.1 Å². The minimum Gasteiger partial charge on any atom is -0.488 e. The van der Waals surface area contributed by atoms with Gasteiger partial charge in [-0.3, -0.25) is 14.9 Å². The minimum absolute atomic E-state index is 0.139. The Morgan fingerprint density at radius 3 is 1.62 bits per heavy atom. The Morgan fingerprint density at radius 1 is 0.656 bits per heavy atom. The van der Waals surface area contributed by atoms with Crippen LogP contribution in [0.2, 0.25) is 10.0 Å². The maximum Gasteiger partial charge on any atom is 0.142 e. The van der Waals surface area contributed by atoms with E-state index >= 15 is 0 Å². The van der Waals surface area contributed by atoms with E-state index in [1.54, 1.807) is 36.7 Å². The van der Waals surface area contributed by atoms with E-state index in [2.05, 4.69) is 53.0 Å². The van der Waals surface area contributed by atoms with E-state index in [0.717, 1.165) is 51.1 Å². The minimum atomic E-state index is -0.365. The van der Waals surface area contributed by atoms with Gasteiger partial charge in [0, 0.05) is 78.8 Å². The summed E-state index contributed by atoms with van der Waals surface area (Å²) < 4.78 is 25.0. The lowest BCUT2D eigenvalue weighted by Crippen LogP contribution is -2.22. The monoisotopic (exact) mass is 855 g/mol. The molecule has 2 aromatic heterocycles. The summed E-state index contributed by atoms with van der Waals surface area (Å²) in [6.45, 7) is 6.54. The number of halogens is 2. The molecule has 310 valence electrons. The number of aromatic nitrogens is 2. The average Bonchev–Trinajstić information content (AvgIpc) is 3.69. The topological polar surface area (TPSA) is 154 Å². The lowest BCUT2D eigenvalue weighted by Gasteiger charge is -2.20. The maximum atomic E-state index is 10.1. The van der Waals surface area contributed by atoms with Gasteiger partial charge in [-0.1, -0.05) is 59.6 Å². The third-order valence-corrected chi connectivity index (χ3v) is 11.2. The van der Waals surface area contributed by atoms with E-state index in [9.17, 15) is 20.7 Å². The molecule has 11 nitrogen and oxygen atoms in total. The molecule has 0 amide bonds. The molecule has 61 heavy (non-hydrogen) atoms. The van der Waals surface area contributed by atoms with Crippen LogP contribution >= 0.6 is 23.2 Å². The average molecular weight is 857 g/mol. The molecular formula is C48H43Cl2N5O6. The summed E-state index contributed by atoms with van der Waals surface area (Å²) in [7, 11) is 0. The van der Waals surface area contributed by atoms with Crippen molar-refractivity contribution in [2.24, 2.45) is 0 Å². The number of nitriles is 2. The first-order chi connectivity index (χ1) is 29.6. The molecule has 0 radical (unpaired) electrons. The number of aliphatic hydroxyl groups is 2. The summed E-state index contributed by atoms with van der Waals surface area (Å²) in [6, 6.07) is 26.8. The van der Waals surface area contributed by atoms with Gasteiger partial charge in [0.05, 0.1) is 33.9 Å². The molecule has 7 rings (SSSR count). The van der Waals surface area contributed by atoms with Gasteiger partial charge in [0.2, 0.25) is 0 Å². The highest BCUT2D eigenvalue weighted by atomic mass is 35.5. The second-order valence-corrected chi connectivity index (χ2v) is 15.7. The van der Waals surface area contributed by atoms with Gasteiger partial charge in [0.25, 0.3) is 0 Å². The van der Waals surface area contributed by atoms with Crippen LogP contribution in [0.25, 0.3) is 11.1 Å². The summed E-state index contributed by atoms with van der Waals surface area (Å²) in [5.74, 6) is 1.87. The smallest absolute Gasteiger partial charge is 0.142 e. The van der Waals surface area contributed by atoms with E-state index in [1.807, 2.05) is 36.4 Å². The molecule has 2 N–H and O–H groups in total. The number of ether oxygens (including phenoxy) is 4. The first kappa shape index (κ1) is 42.9. The van der Waals surface area contributed by atoms with Gasteiger partial charge in [-0.25, -0.2) is 0 Å². The normalized spacial score (nSPS) is 13.7. The number of hydrogen-bond acceptors (Lipinski definition) is 11. The van der Waals surface area contributed by atoms with Crippen LogP contribution in [0.3, 0.4) is 0 Å². The molecule has 1 fully saturated rings. The van der Waals surface area contributed by atoms with Gasteiger partial charge in [-0.2, -0.15) is 10.5 Å². The fourth-order valence-electron chi connectivity index (χ4n) is 7.24. The Morgan fingerprint density at radius 2 is 1.15 bits per heavy atom. The number of rotatable bonds is 16. The molecule has 0 aliphatic carbocycles. The van der Waals surface area contributed by atoms with Crippen molar-refractivity contribution in [1.82, 2.24) is 14.9 Å². The summed E-state index contributed by atoms with van der Waals surface area (Å²) in [5, 5.41) is 39.5. The Kier molecular flexibility index (Phi) is 14.0. The quantitative estimate of drug-likeness (QED) is 0.0958. The second kappa shape index (κ2) is 19.9. The fourth-order valence-corrected chi connectivity index (χ4v) is 7.72. The Hall–Kier alpha value is -6.18. The van der Waals surface area contributed by atoms with Crippen LogP contribution in [-0.4, -0.2) is 44.3 Å².